The van der Waals surface area contributed by atoms with Crippen LogP contribution in [0.5, 0.6) is 0 Å². The highest BCUT2D eigenvalue weighted by Crippen LogP contribution is 2.38. The third-order valence-electron chi connectivity index (χ3n) is 4.86. The van der Waals surface area contributed by atoms with Gasteiger partial charge in [0.25, 0.3) is 5.91 Å². The predicted octanol–water partition coefficient (Wildman–Crippen LogP) is 3.40. The first-order valence-corrected chi connectivity index (χ1v) is 7.99. The lowest BCUT2D eigenvalue weighted by Gasteiger charge is -2.39. The molecule has 1 aliphatic carbocycles. The number of carbonyl (C=O) groups excluding carboxylic acids is 1. The van der Waals surface area contributed by atoms with Crippen molar-refractivity contribution in [1.29, 1.82) is 0 Å². The molecule has 0 radical (unpaired) electrons. The summed E-state index contributed by atoms with van der Waals surface area (Å²) >= 11 is 0. The number of carbonyl (C=O) groups is 1. The fraction of sp³-hybridized carbons (Fsp3) is 0.316. The van der Waals surface area contributed by atoms with E-state index < -0.39 is 0 Å². The molecule has 1 saturated carbocycles. The Bertz CT molecular complexity index is 746. The zero-order valence-corrected chi connectivity index (χ0v) is 12.7. The van der Waals surface area contributed by atoms with Crippen molar-refractivity contribution in [3.63, 3.8) is 0 Å². The van der Waals surface area contributed by atoms with Gasteiger partial charge in [-0.3, -0.25) is 4.79 Å². The Morgan fingerprint density at radius 1 is 1.13 bits per heavy atom. The van der Waals surface area contributed by atoms with Crippen molar-refractivity contribution in [2.24, 2.45) is 5.92 Å². The van der Waals surface area contributed by atoms with Gasteiger partial charge in [-0.05, 0) is 48.2 Å². The second-order valence-corrected chi connectivity index (χ2v) is 6.27. The highest BCUT2D eigenvalue weighted by molar-refractivity contribution is 5.95. The molecule has 3 atom stereocenters. The van der Waals surface area contributed by atoms with Crippen LogP contribution in [0.25, 0.3) is 11.1 Å². The molecule has 1 aliphatic heterocycles. The number of hydrogen-bond donors (Lipinski definition) is 1. The number of benzene rings is 2. The summed E-state index contributed by atoms with van der Waals surface area (Å²) in [5.41, 5.74) is 2.22. The number of ether oxygens (including phenoxy) is 1. The molecule has 2 aromatic carbocycles. The summed E-state index contributed by atoms with van der Waals surface area (Å²) in [7, 11) is 0. The third-order valence-corrected chi connectivity index (χ3v) is 4.86. The molecular formula is C19H18FNO2. The van der Waals surface area contributed by atoms with Crippen molar-refractivity contribution in [2.45, 2.75) is 25.0 Å². The summed E-state index contributed by atoms with van der Waals surface area (Å²) in [6.45, 7) is 0.802. The van der Waals surface area contributed by atoms with Crippen LogP contribution >= 0.6 is 0 Å². The van der Waals surface area contributed by atoms with Crippen LogP contribution in [-0.4, -0.2) is 24.7 Å². The Hall–Kier alpha value is -2.20. The Kier molecular flexibility index (Phi) is 3.62. The molecule has 0 spiro atoms. The zero-order chi connectivity index (χ0) is 15.8. The lowest BCUT2D eigenvalue weighted by atomic mass is 9.76. The second-order valence-electron chi connectivity index (χ2n) is 6.27. The first kappa shape index (κ1) is 14.4. The van der Waals surface area contributed by atoms with Crippen molar-refractivity contribution >= 4 is 5.91 Å². The molecule has 2 aromatic rings. The number of fused-ring (bicyclic) bond motifs is 1. The van der Waals surface area contributed by atoms with E-state index in [9.17, 15) is 9.18 Å². The average molecular weight is 311 g/mol. The quantitative estimate of drug-likeness (QED) is 0.943. The lowest BCUT2D eigenvalue weighted by molar-refractivity contribution is 0.00810. The third kappa shape index (κ3) is 2.75. The first-order chi connectivity index (χ1) is 11.2. The zero-order valence-electron chi connectivity index (χ0n) is 12.7. The van der Waals surface area contributed by atoms with Crippen LogP contribution in [0.15, 0.2) is 48.5 Å². The Morgan fingerprint density at radius 3 is 2.70 bits per heavy atom. The topological polar surface area (TPSA) is 38.3 Å². The summed E-state index contributed by atoms with van der Waals surface area (Å²) < 4.78 is 18.9. The van der Waals surface area contributed by atoms with E-state index >= 15 is 0 Å². The SMILES string of the molecule is O=C(N[C@H]1C[C@@H]2OCC[C@H]12)c1cccc(-c2cccc(F)c2)c1. The van der Waals surface area contributed by atoms with Gasteiger partial charge in [-0.2, -0.15) is 0 Å². The molecule has 4 heteroatoms. The van der Waals surface area contributed by atoms with Crippen molar-refractivity contribution in [3.8, 4) is 11.1 Å². The molecule has 2 aliphatic rings. The van der Waals surface area contributed by atoms with E-state index in [4.69, 9.17) is 4.74 Å². The fourth-order valence-electron chi connectivity index (χ4n) is 3.52. The Balaban J connectivity index is 1.50. The summed E-state index contributed by atoms with van der Waals surface area (Å²) in [5.74, 6) is 0.114. The fourth-order valence-corrected chi connectivity index (χ4v) is 3.52. The molecule has 3 nitrogen and oxygen atoms in total. The number of amides is 1. The Labute approximate surface area is 134 Å². The van der Waals surface area contributed by atoms with Gasteiger partial charge in [0.2, 0.25) is 0 Å². The largest absolute Gasteiger partial charge is 0.378 e. The van der Waals surface area contributed by atoms with Crippen LogP contribution in [0.2, 0.25) is 0 Å². The van der Waals surface area contributed by atoms with E-state index in [1.807, 2.05) is 24.3 Å². The number of rotatable bonds is 3. The van der Waals surface area contributed by atoms with Gasteiger partial charge in [0.05, 0.1) is 6.10 Å². The van der Waals surface area contributed by atoms with Gasteiger partial charge in [0, 0.05) is 24.1 Å². The number of hydrogen-bond acceptors (Lipinski definition) is 2. The maximum absolute atomic E-state index is 13.4. The minimum Gasteiger partial charge on any atom is -0.378 e. The van der Waals surface area contributed by atoms with Crippen LogP contribution in [0.3, 0.4) is 0 Å². The molecule has 1 amide bonds. The molecular weight excluding hydrogens is 293 g/mol. The van der Waals surface area contributed by atoms with Crippen LogP contribution < -0.4 is 5.32 Å². The normalized spacial score (nSPS) is 25.5. The highest BCUT2D eigenvalue weighted by Gasteiger charge is 2.45. The lowest BCUT2D eigenvalue weighted by Crippen LogP contribution is -2.53. The van der Waals surface area contributed by atoms with Crippen LogP contribution in [0.1, 0.15) is 23.2 Å². The highest BCUT2D eigenvalue weighted by atomic mass is 19.1. The summed E-state index contributed by atoms with van der Waals surface area (Å²) in [6, 6.07) is 13.9. The maximum Gasteiger partial charge on any atom is 0.251 e. The first-order valence-electron chi connectivity index (χ1n) is 7.99. The molecule has 1 saturated heterocycles. The number of nitrogens with one attached hydrogen (secondary N) is 1. The van der Waals surface area contributed by atoms with Gasteiger partial charge in [-0.15, -0.1) is 0 Å². The van der Waals surface area contributed by atoms with Gasteiger partial charge >= 0.3 is 0 Å². The van der Waals surface area contributed by atoms with Gasteiger partial charge < -0.3 is 10.1 Å². The molecule has 2 fully saturated rings. The smallest absolute Gasteiger partial charge is 0.251 e. The van der Waals surface area contributed by atoms with Crippen molar-refractivity contribution < 1.29 is 13.9 Å². The average Bonchev–Trinajstić information content (AvgIpc) is 2.93. The van der Waals surface area contributed by atoms with Crippen molar-refractivity contribution in [2.75, 3.05) is 6.61 Å². The monoisotopic (exact) mass is 311 g/mol. The molecule has 0 aromatic heterocycles. The molecule has 0 unspecified atom stereocenters. The van der Waals surface area contributed by atoms with E-state index in [-0.39, 0.29) is 17.8 Å². The standard InChI is InChI=1S/C19H18FNO2/c20-15-6-2-4-13(10-15)12-3-1-5-14(9-12)19(22)21-17-11-18-16(17)7-8-23-18/h1-6,9-10,16-18H,7-8,11H2,(H,21,22)/t16-,17+,18+/m1/s1. The van der Waals surface area contributed by atoms with E-state index in [1.54, 1.807) is 12.1 Å². The molecule has 1 heterocycles. The molecule has 0 bridgehead atoms. The van der Waals surface area contributed by atoms with E-state index in [1.165, 1.54) is 12.1 Å². The van der Waals surface area contributed by atoms with Crippen molar-refractivity contribution in [3.05, 3.63) is 59.9 Å². The molecule has 1 N–H and O–H groups in total. The van der Waals surface area contributed by atoms with Gasteiger partial charge in [0.15, 0.2) is 0 Å². The van der Waals surface area contributed by atoms with E-state index in [0.717, 1.165) is 30.6 Å². The molecule has 4 rings (SSSR count). The minimum atomic E-state index is -0.279. The van der Waals surface area contributed by atoms with Crippen LogP contribution in [0.4, 0.5) is 4.39 Å². The van der Waals surface area contributed by atoms with Crippen LogP contribution in [0, 0.1) is 11.7 Å². The molecule has 23 heavy (non-hydrogen) atoms. The van der Waals surface area contributed by atoms with E-state index in [2.05, 4.69) is 5.32 Å². The van der Waals surface area contributed by atoms with Gasteiger partial charge in [0.1, 0.15) is 5.82 Å². The van der Waals surface area contributed by atoms with E-state index in [0.29, 0.717) is 17.6 Å². The summed E-state index contributed by atoms with van der Waals surface area (Å²) in [6.07, 6.45) is 2.26. The van der Waals surface area contributed by atoms with Gasteiger partial charge in [-0.1, -0.05) is 24.3 Å². The number of halogens is 1. The molecule has 118 valence electrons. The van der Waals surface area contributed by atoms with Crippen LogP contribution in [-0.2, 0) is 4.74 Å². The van der Waals surface area contributed by atoms with Crippen molar-refractivity contribution in [1.82, 2.24) is 5.32 Å². The Morgan fingerprint density at radius 2 is 1.91 bits per heavy atom. The second kappa shape index (κ2) is 5.78. The summed E-state index contributed by atoms with van der Waals surface area (Å²) in [5, 5.41) is 3.10. The minimum absolute atomic E-state index is 0.0707. The maximum atomic E-state index is 13.4. The predicted molar refractivity (Wildman–Crippen MR) is 85.6 cm³/mol. The summed E-state index contributed by atoms with van der Waals surface area (Å²) in [4.78, 5) is 12.5. The van der Waals surface area contributed by atoms with Gasteiger partial charge in [-0.25, -0.2) is 4.39 Å².